The molecule has 26 heavy (non-hydrogen) atoms. The lowest BCUT2D eigenvalue weighted by molar-refractivity contribution is 0.0955. The number of aryl methyl sites for hydroxylation is 2. The predicted octanol–water partition coefficient (Wildman–Crippen LogP) is 5.07. The second-order valence-electron chi connectivity index (χ2n) is 6.63. The van der Waals surface area contributed by atoms with Crippen LogP contribution in [0.3, 0.4) is 0 Å². The van der Waals surface area contributed by atoms with Crippen LogP contribution in [-0.4, -0.2) is 12.5 Å². The molecule has 0 saturated carbocycles. The number of nitrogens with one attached hydrogen (secondary N) is 1. The molecule has 1 aliphatic rings. The molecule has 2 heterocycles. The first kappa shape index (κ1) is 16.9. The molecule has 0 saturated heterocycles. The van der Waals surface area contributed by atoms with Crippen LogP contribution in [0.15, 0.2) is 60.7 Å². The van der Waals surface area contributed by atoms with Crippen LogP contribution in [-0.2, 0) is 13.0 Å². The molecule has 4 heteroatoms. The van der Waals surface area contributed by atoms with Crippen LogP contribution in [0, 0.1) is 6.92 Å². The average molecular weight is 362 g/mol. The minimum atomic E-state index is -0.00482. The van der Waals surface area contributed by atoms with Gasteiger partial charge in [-0.1, -0.05) is 42.5 Å². The van der Waals surface area contributed by atoms with Crippen molar-refractivity contribution in [3.63, 3.8) is 0 Å². The van der Waals surface area contributed by atoms with Crippen molar-refractivity contribution in [2.75, 3.05) is 11.4 Å². The quantitative estimate of drug-likeness (QED) is 0.703. The van der Waals surface area contributed by atoms with Gasteiger partial charge in [0.25, 0.3) is 5.91 Å². The molecular formula is C22H22N2OS. The minimum absolute atomic E-state index is 0.00482. The van der Waals surface area contributed by atoms with E-state index in [-0.39, 0.29) is 5.91 Å². The van der Waals surface area contributed by atoms with E-state index in [4.69, 9.17) is 0 Å². The first-order valence-corrected chi connectivity index (χ1v) is 9.82. The lowest BCUT2D eigenvalue weighted by Crippen LogP contribution is -2.23. The Balaban J connectivity index is 1.48. The van der Waals surface area contributed by atoms with E-state index in [1.165, 1.54) is 16.8 Å². The third kappa shape index (κ3) is 3.37. The highest BCUT2D eigenvalue weighted by molar-refractivity contribution is 7.18. The van der Waals surface area contributed by atoms with Crippen molar-refractivity contribution in [3.05, 3.63) is 82.2 Å². The smallest absolute Gasteiger partial charge is 0.261 e. The van der Waals surface area contributed by atoms with Crippen LogP contribution < -0.4 is 10.2 Å². The number of fused-ring (bicyclic) bond motifs is 1. The summed E-state index contributed by atoms with van der Waals surface area (Å²) in [7, 11) is 0. The molecule has 1 amide bonds. The number of thiophene rings is 1. The molecule has 132 valence electrons. The number of rotatable bonds is 4. The van der Waals surface area contributed by atoms with Gasteiger partial charge >= 0.3 is 0 Å². The Bertz CT molecular complexity index is 931. The first-order valence-electron chi connectivity index (χ1n) is 9.00. The fraction of sp³-hybridized carbons (Fsp3) is 0.227. The highest BCUT2D eigenvalue weighted by atomic mass is 32.1. The van der Waals surface area contributed by atoms with Gasteiger partial charge in [0, 0.05) is 18.8 Å². The predicted molar refractivity (Wildman–Crippen MR) is 108 cm³/mol. The molecule has 2 aromatic carbocycles. The highest BCUT2D eigenvalue weighted by Gasteiger charge is 2.20. The number of carbonyl (C=O) groups excluding carboxylic acids is 1. The summed E-state index contributed by atoms with van der Waals surface area (Å²) in [6.07, 6.45) is 2.27. The molecule has 4 rings (SSSR count). The number of nitrogens with zero attached hydrogens (tertiary/aromatic N) is 1. The van der Waals surface area contributed by atoms with Gasteiger partial charge in [0.05, 0.1) is 9.88 Å². The Morgan fingerprint density at radius 2 is 1.88 bits per heavy atom. The van der Waals surface area contributed by atoms with Crippen molar-refractivity contribution in [2.24, 2.45) is 0 Å². The van der Waals surface area contributed by atoms with Crippen molar-refractivity contribution >= 4 is 27.9 Å². The van der Waals surface area contributed by atoms with Gasteiger partial charge in [-0.3, -0.25) is 4.79 Å². The van der Waals surface area contributed by atoms with Gasteiger partial charge in [-0.2, -0.15) is 0 Å². The summed E-state index contributed by atoms with van der Waals surface area (Å²) in [6, 6.07) is 20.7. The summed E-state index contributed by atoms with van der Waals surface area (Å²) in [6.45, 7) is 3.63. The number of hydrogen-bond donors (Lipinski definition) is 1. The zero-order valence-corrected chi connectivity index (χ0v) is 15.7. The monoisotopic (exact) mass is 362 g/mol. The van der Waals surface area contributed by atoms with Crippen molar-refractivity contribution < 1.29 is 4.79 Å². The molecule has 1 aliphatic heterocycles. The summed E-state index contributed by atoms with van der Waals surface area (Å²) in [4.78, 5) is 15.6. The van der Waals surface area contributed by atoms with E-state index in [9.17, 15) is 4.79 Å². The molecule has 0 fully saturated rings. The molecular weight excluding hydrogens is 340 g/mol. The standard InChI is InChI=1S/C22H22N2OS/c1-16-7-2-3-9-18(16)15-23-22(25)20-12-13-21(26-20)24-14-6-10-17-8-4-5-11-19(17)24/h2-5,7-9,11-13H,6,10,14-15H2,1H3,(H,23,25). The van der Waals surface area contributed by atoms with Crippen LogP contribution >= 0.6 is 11.3 Å². The Kier molecular flexibility index (Phi) is 4.76. The van der Waals surface area contributed by atoms with E-state index in [1.54, 1.807) is 11.3 Å². The third-order valence-electron chi connectivity index (χ3n) is 4.89. The van der Waals surface area contributed by atoms with Gasteiger partial charge in [-0.15, -0.1) is 11.3 Å². The van der Waals surface area contributed by atoms with E-state index in [0.717, 1.165) is 34.8 Å². The normalized spacial score (nSPS) is 13.3. The van der Waals surface area contributed by atoms with Gasteiger partial charge in [-0.25, -0.2) is 0 Å². The summed E-state index contributed by atoms with van der Waals surface area (Å²) in [5.74, 6) is -0.00482. The molecule has 0 bridgehead atoms. The van der Waals surface area contributed by atoms with E-state index in [1.807, 2.05) is 18.2 Å². The Morgan fingerprint density at radius 3 is 2.77 bits per heavy atom. The van der Waals surface area contributed by atoms with Crippen LogP contribution in [0.5, 0.6) is 0 Å². The summed E-state index contributed by atoms with van der Waals surface area (Å²) >= 11 is 1.56. The fourth-order valence-electron chi connectivity index (χ4n) is 3.43. The topological polar surface area (TPSA) is 32.3 Å². The maximum atomic E-state index is 12.6. The van der Waals surface area contributed by atoms with Crippen molar-refractivity contribution in [1.82, 2.24) is 5.32 Å². The number of para-hydroxylation sites is 1. The molecule has 0 spiro atoms. The second-order valence-corrected chi connectivity index (χ2v) is 7.69. The molecule has 0 unspecified atom stereocenters. The van der Waals surface area contributed by atoms with Gasteiger partial charge in [0.1, 0.15) is 0 Å². The van der Waals surface area contributed by atoms with Crippen molar-refractivity contribution in [2.45, 2.75) is 26.3 Å². The van der Waals surface area contributed by atoms with E-state index >= 15 is 0 Å². The van der Waals surface area contributed by atoms with Gasteiger partial charge in [0.2, 0.25) is 0 Å². The summed E-state index contributed by atoms with van der Waals surface area (Å²) in [5, 5.41) is 4.18. The SMILES string of the molecule is Cc1ccccc1CNC(=O)c1ccc(N2CCCc3ccccc32)s1. The largest absolute Gasteiger partial charge is 0.347 e. The summed E-state index contributed by atoms with van der Waals surface area (Å²) < 4.78 is 0. The van der Waals surface area contributed by atoms with Gasteiger partial charge < -0.3 is 10.2 Å². The minimum Gasteiger partial charge on any atom is -0.347 e. The Labute approximate surface area is 158 Å². The Morgan fingerprint density at radius 1 is 1.08 bits per heavy atom. The lowest BCUT2D eigenvalue weighted by atomic mass is 10.0. The van der Waals surface area contributed by atoms with Crippen LogP contribution in [0.1, 0.15) is 32.8 Å². The fourth-order valence-corrected chi connectivity index (χ4v) is 4.39. The van der Waals surface area contributed by atoms with Crippen LogP contribution in [0.2, 0.25) is 0 Å². The maximum Gasteiger partial charge on any atom is 0.261 e. The molecule has 1 N–H and O–H groups in total. The molecule has 1 aromatic heterocycles. The molecule has 0 radical (unpaired) electrons. The first-order chi connectivity index (χ1) is 12.7. The highest BCUT2D eigenvalue weighted by Crippen LogP contribution is 2.37. The number of benzene rings is 2. The number of amides is 1. The van der Waals surface area contributed by atoms with E-state index in [0.29, 0.717) is 6.54 Å². The zero-order chi connectivity index (χ0) is 17.9. The second kappa shape index (κ2) is 7.34. The Hall–Kier alpha value is -2.59. The van der Waals surface area contributed by atoms with Gasteiger partial charge in [0.15, 0.2) is 0 Å². The maximum absolute atomic E-state index is 12.6. The number of anilines is 2. The zero-order valence-electron chi connectivity index (χ0n) is 14.9. The van der Waals surface area contributed by atoms with Crippen molar-refractivity contribution in [1.29, 1.82) is 0 Å². The lowest BCUT2D eigenvalue weighted by Gasteiger charge is -2.30. The number of carbonyl (C=O) groups is 1. The van der Waals surface area contributed by atoms with Gasteiger partial charge in [-0.05, 0) is 54.7 Å². The van der Waals surface area contributed by atoms with Crippen molar-refractivity contribution in [3.8, 4) is 0 Å². The summed E-state index contributed by atoms with van der Waals surface area (Å²) in [5.41, 5.74) is 5.01. The third-order valence-corrected chi connectivity index (χ3v) is 6.00. The van der Waals surface area contributed by atoms with Crippen LogP contribution in [0.4, 0.5) is 10.7 Å². The average Bonchev–Trinajstić information content (AvgIpc) is 3.17. The number of hydrogen-bond acceptors (Lipinski definition) is 3. The molecule has 0 atom stereocenters. The van der Waals surface area contributed by atoms with Crippen LogP contribution in [0.25, 0.3) is 0 Å². The molecule has 3 nitrogen and oxygen atoms in total. The molecule has 0 aliphatic carbocycles. The molecule has 3 aromatic rings. The van der Waals surface area contributed by atoms with E-state index in [2.05, 4.69) is 59.6 Å². The van der Waals surface area contributed by atoms with E-state index < -0.39 is 0 Å².